The van der Waals surface area contributed by atoms with Crippen LogP contribution in [0.4, 0.5) is 0 Å². The summed E-state index contributed by atoms with van der Waals surface area (Å²) in [5.41, 5.74) is 13.9. The van der Waals surface area contributed by atoms with E-state index in [1.54, 1.807) is 24.2 Å². The minimum Gasteiger partial charge on any atom is -0.497 e. The molecule has 0 saturated heterocycles. The number of imide groups is 1. The van der Waals surface area contributed by atoms with Gasteiger partial charge >= 0.3 is 0 Å². The Bertz CT molecular complexity index is 979. The Labute approximate surface area is 174 Å². The van der Waals surface area contributed by atoms with Crippen molar-refractivity contribution in [1.82, 2.24) is 15.1 Å². The number of nitrogens with two attached hydrogens (primary N) is 2. The van der Waals surface area contributed by atoms with Gasteiger partial charge in [-0.1, -0.05) is 12.1 Å². The maximum Gasteiger partial charge on any atom is 0.277 e. The molecule has 5 N–H and O–H groups in total. The summed E-state index contributed by atoms with van der Waals surface area (Å²) in [5.74, 6) is -0.267. The molecule has 0 radical (unpaired) electrons. The molecule has 3 amide bonds. The van der Waals surface area contributed by atoms with Crippen molar-refractivity contribution in [3.05, 3.63) is 59.1 Å². The van der Waals surface area contributed by atoms with Gasteiger partial charge in [0, 0.05) is 30.4 Å². The number of allylic oxidation sites excluding steroid dienone is 2. The maximum absolute atomic E-state index is 12.4. The van der Waals surface area contributed by atoms with Crippen molar-refractivity contribution in [2.24, 2.45) is 11.5 Å². The first-order valence-electron chi connectivity index (χ1n) is 9.49. The molecule has 0 aromatic heterocycles. The monoisotopic (exact) mass is 411 g/mol. The van der Waals surface area contributed by atoms with Crippen molar-refractivity contribution in [2.45, 2.75) is 12.8 Å². The van der Waals surface area contributed by atoms with E-state index in [9.17, 15) is 14.4 Å². The van der Waals surface area contributed by atoms with Crippen LogP contribution in [0.3, 0.4) is 0 Å². The summed E-state index contributed by atoms with van der Waals surface area (Å²) in [4.78, 5) is 39.6. The highest BCUT2D eigenvalue weighted by atomic mass is 16.5. The highest BCUT2D eigenvalue weighted by Gasteiger charge is 2.40. The summed E-state index contributed by atoms with van der Waals surface area (Å²) >= 11 is 0. The third-order valence-electron chi connectivity index (χ3n) is 4.99. The lowest BCUT2D eigenvalue weighted by Crippen LogP contribution is -2.41. The average molecular weight is 411 g/mol. The SMILES string of the molecule is COc1cccc(/C(N)=C/C=C(\N)NC(=O)CN2CCCC3=C2C(=O)N(C)C3=O)c1. The van der Waals surface area contributed by atoms with Crippen LogP contribution < -0.4 is 21.5 Å². The van der Waals surface area contributed by atoms with Gasteiger partial charge in [0.25, 0.3) is 11.8 Å². The van der Waals surface area contributed by atoms with E-state index in [1.807, 2.05) is 18.2 Å². The first kappa shape index (κ1) is 21.0. The van der Waals surface area contributed by atoms with E-state index in [1.165, 1.54) is 13.1 Å². The molecular formula is C21H25N5O4. The molecule has 0 atom stereocenters. The van der Waals surface area contributed by atoms with E-state index in [4.69, 9.17) is 16.2 Å². The average Bonchev–Trinajstić information content (AvgIpc) is 2.96. The third-order valence-corrected chi connectivity index (χ3v) is 4.99. The Morgan fingerprint density at radius 2 is 2.00 bits per heavy atom. The number of methoxy groups -OCH3 is 1. The molecule has 2 aliphatic rings. The molecule has 9 heteroatoms. The number of hydrogen-bond donors (Lipinski definition) is 3. The molecule has 158 valence electrons. The van der Waals surface area contributed by atoms with E-state index in [0.29, 0.717) is 42.1 Å². The highest BCUT2D eigenvalue weighted by molar-refractivity contribution is 6.19. The fourth-order valence-electron chi connectivity index (χ4n) is 3.45. The van der Waals surface area contributed by atoms with Gasteiger partial charge < -0.3 is 26.4 Å². The highest BCUT2D eigenvalue weighted by Crippen LogP contribution is 2.30. The quantitative estimate of drug-likeness (QED) is 0.452. The molecule has 0 saturated carbocycles. The number of rotatable bonds is 6. The summed E-state index contributed by atoms with van der Waals surface area (Å²) in [6, 6.07) is 7.24. The Balaban J connectivity index is 1.64. The zero-order chi connectivity index (χ0) is 21.8. The number of benzene rings is 1. The lowest BCUT2D eigenvalue weighted by atomic mass is 10.0. The second kappa shape index (κ2) is 8.73. The normalized spacial score (nSPS) is 17.4. The van der Waals surface area contributed by atoms with Gasteiger partial charge in [0.15, 0.2) is 0 Å². The topological polar surface area (TPSA) is 131 Å². The number of likely N-dealkylation sites (N-methyl/N-ethyl adjacent to an activating group) is 1. The number of nitrogens with one attached hydrogen (secondary N) is 1. The summed E-state index contributed by atoms with van der Waals surface area (Å²) in [6.45, 7) is 0.445. The Kier molecular flexibility index (Phi) is 6.10. The molecule has 0 unspecified atom stereocenters. The second-order valence-electron chi connectivity index (χ2n) is 7.05. The van der Waals surface area contributed by atoms with Crippen LogP contribution >= 0.6 is 0 Å². The van der Waals surface area contributed by atoms with E-state index < -0.39 is 0 Å². The van der Waals surface area contributed by atoms with Gasteiger partial charge in [-0.25, -0.2) is 0 Å². The van der Waals surface area contributed by atoms with Gasteiger partial charge in [-0.05, 0) is 37.1 Å². The molecule has 3 rings (SSSR count). The number of amides is 3. The molecule has 0 spiro atoms. The van der Waals surface area contributed by atoms with Crippen LogP contribution in [0.25, 0.3) is 5.70 Å². The van der Waals surface area contributed by atoms with Gasteiger partial charge in [-0.2, -0.15) is 0 Å². The maximum atomic E-state index is 12.4. The van der Waals surface area contributed by atoms with Crippen molar-refractivity contribution >= 4 is 23.4 Å². The third kappa shape index (κ3) is 4.29. The molecule has 2 heterocycles. The lowest BCUT2D eigenvalue weighted by Gasteiger charge is -2.28. The molecule has 0 bridgehead atoms. The molecule has 0 aliphatic carbocycles. The van der Waals surface area contributed by atoms with Crippen molar-refractivity contribution in [3.8, 4) is 5.75 Å². The Morgan fingerprint density at radius 1 is 1.23 bits per heavy atom. The first-order valence-corrected chi connectivity index (χ1v) is 9.49. The molecular weight excluding hydrogens is 386 g/mol. The largest absolute Gasteiger partial charge is 0.497 e. The molecule has 0 fully saturated rings. The van der Waals surface area contributed by atoms with E-state index in [2.05, 4.69) is 5.32 Å². The summed E-state index contributed by atoms with van der Waals surface area (Å²) in [7, 11) is 3.02. The minimum absolute atomic E-state index is 0.0741. The first-order chi connectivity index (χ1) is 14.3. The summed E-state index contributed by atoms with van der Waals surface area (Å²) in [6.07, 6.45) is 4.31. The van der Waals surface area contributed by atoms with Gasteiger partial charge in [0.05, 0.1) is 13.7 Å². The standard InChI is InChI=1S/C21H25N5O4/c1-25-20(28)15-7-4-10-26(19(15)21(25)29)12-18(27)24-17(23)9-8-16(22)13-5-3-6-14(11-13)30-2/h3,5-6,8-9,11H,4,7,10,12,22-23H2,1-2H3,(H,24,27)/b16-8-,17-9+. The fourth-order valence-corrected chi connectivity index (χ4v) is 3.45. The smallest absolute Gasteiger partial charge is 0.277 e. The number of carbonyl (C=O) groups is 3. The molecule has 2 aliphatic heterocycles. The van der Waals surface area contributed by atoms with Crippen LogP contribution in [0.5, 0.6) is 5.75 Å². The molecule has 30 heavy (non-hydrogen) atoms. The van der Waals surface area contributed by atoms with Crippen LogP contribution in [0.15, 0.2) is 53.5 Å². The number of nitrogens with zero attached hydrogens (tertiary/aromatic N) is 2. The van der Waals surface area contributed by atoms with Crippen molar-refractivity contribution in [2.75, 3.05) is 27.2 Å². The van der Waals surface area contributed by atoms with Crippen molar-refractivity contribution in [1.29, 1.82) is 0 Å². The van der Waals surface area contributed by atoms with Gasteiger partial charge in [-0.15, -0.1) is 0 Å². The van der Waals surface area contributed by atoms with Crippen LogP contribution in [-0.4, -0.2) is 54.8 Å². The van der Waals surface area contributed by atoms with Gasteiger partial charge in [-0.3, -0.25) is 19.3 Å². The number of ether oxygens (including phenoxy) is 1. The fraction of sp³-hybridized carbons (Fsp3) is 0.286. The Morgan fingerprint density at radius 3 is 2.73 bits per heavy atom. The van der Waals surface area contributed by atoms with Crippen LogP contribution in [0.1, 0.15) is 18.4 Å². The summed E-state index contributed by atoms with van der Waals surface area (Å²) in [5, 5.41) is 2.57. The minimum atomic E-state index is -0.388. The summed E-state index contributed by atoms with van der Waals surface area (Å²) < 4.78 is 5.17. The number of carbonyl (C=O) groups excluding carboxylic acids is 3. The molecule has 1 aromatic carbocycles. The molecule has 1 aromatic rings. The second-order valence-corrected chi connectivity index (χ2v) is 7.05. The van der Waals surface area contributed by atoms with Crippen molar-refractivity contribution < 1.29 is 19.1 Å². The zero-order valence-corrected chi connectivity index (χ0v) is 17.0. The van der Waals surface area contributed by atoms with Crippen LogP contribution in [0.2, 0.25) is 0 Å². The zero-order valence-electron chi connectivity index (χ0n) is 17.0. The Hall–Kier alpha value is -3.75. The lowest BCUT2D eigenvalue weighted by molar-refractivity contribution is -0.136. The molecule has 9 nitrogen and oxygen atoms in total. The predicted molar refractivity (Wildman–Crippen MR) is 111 cm³/mol. The van der Waals surface area contributed by atoms with Crippen molar-refractivity contribution in [3.63, 3.8) is 0 Å². The van der Waals surface area contributed by atoms with E-state index in [-0.39, 0.29) is 30.1 Å². The van der Waals surface area contributed by atoms with Gasteiger partial charge in [0.1, 0.15) is 17.3 Å². The van der Waals surface area contributed by atoms with E-state index >= 15 is 0 Å². The van der Waals surface area contributed by atoms with E-state index in [0.717, 1.165) is 10.5 Å². The number of hydrogen-bond acceptors (Lipinski definition) is 7. The van der Waals surface area contributed by atoms with Crippen LogP contribution in [-0.2, 0) is 14.4 Å². The predicted octanol–water partition coefficient (Wildman–Crippen LogP) is 0.260. The van der Waals surface area contributed by atoms with Crippen LogP contribution in [0, 0.1) is 0 Å². The van der Waals surface area contributed by atoms with Gasteiger partial charge in [0.2, 0.25) is 5.91 Å².